The van der Waals surface area contributed by atoms with Crippen LogP contribution in [0.2, 0.25) is 0 Å². The minimum Gasteiger partial charge on any atom is -0.508 e. The van der Waals surface area contributed by atoms with E-state index in [4.69, 9.17) is 9.47 Å². The number of carbonyl (C=O) groups is 1. The highest BCUT2D eigenvalue weighted by Gasteiger charge is 2.37. The van der Waals surface area contributed by atoms with Gasteiger partial charge in [-0.15, -0.1) is 0 Å². The number of rotatable bonds is 13. The SMILES string of the molecule is Cc1c(C)c2c(c3c1O[C@H](CCC[C@H](C)CCC[C@H](C)CCCC(C)C)CC3)[C@@H](c1ccc(O)cc1)CC(=O)O2. The van der Waals surface area contributed by atoms with Crippen LogP contribution in [0.25, 0.3) is 0 Å². The smallest absolute Gasteiger partial charge is 0.312 e. The molecule has 40 heavy (non-hydrogen) atoms. The lowest BCUT2D eigenvalue weighted by molar-refractivity contribution is -0.135. The minimum atomic E-state index is -0.197. The summed E-state index contributed by atoms with van der Waals surface area (Å²) in [5.74, 6) is 4.14. The van der Waals surface area contributed by atoms with E-state index in [-0.39, 0.29) is 23.7 Å². The molecule has 2 aromatic carbocycles. The van der Waals surface area contributed by atoms with Crippen molar-refractivity contribution in [2.75, 3.05) is 0 Å². The Labute approximate surface area is 242 Å². The Morgan fingerprint density at radius 3 is 2.10 bits per heavy atom. The molecule has 0 aliphatic carbocycles. The van der Waals surface area contributed by atoms with E-state index in [0.717, 1.165) is 70.8 Å². The van der Waals surface area contributed by atoms with Crippen molar-refractivity contribution in [2.24, 2.45) is 17.8 Å². The topological polar surface area (TPSA) is 55.8 Å². The Morgan fingerprint density at radius 1 is 0.850 bits per heavy atom. The Balaban J connectivity index is 1.34. The van der Waals surface area contributed by atoms with Crippen LogP contribution in [-0.2, 0) is 11.2 Å². The van der Waals surface area contributed by atoms with Crippen molar-refractivity contribution in [1.29, 1.82) is 0 Å². The Hall–Kier alpha value is -2.49. The highest BCUT2D eigenvalue weighted by atomic mass is 16.5. The molecule has 4 heteroatoms. The number of fused-ring (bicyclic) bond motifs is 3. The number of hydrogen-bond donors (Lipinski definition) is 1. The molecule has 0 fully saturated rings. The Bertz CT molecular complexity index is 1130. The molecule has 4 nitrogen and oxygen atoms in total. The zero-order valence-electron chi connectivity index (χ0n) is 25.9. The van der Waals surface area contributed by atoms with Gasteiger partial charge >= 0.3 is 5.97 Å². The molecule has 4 rings (SSSR count). The second kappa shape index (κ2) is 13.9. The average molecular weight is 549 g/mol. The Kier molecular flexibility index (Phi) is 10.6. The molecule has 0 saturated carbocycles. The second-order valence-electron chi connectivity index (χ2n) is 13.3. The summed E-state index contributed by atoms with van der Waals surface area (Å²) in [4.78, 5) is 12.6. The fraction of sp³-hybridized carbons (Fsp3) is 0.639. The maximum atomic E-state index is 12.6. The van der Waals surface area contributed by atoms with Crippen molar-refractivity contribution in [3.63, 3.8) is 0 Å². The van der Waals surface area contributed by atoms with Gasteiger partial charge in [0.05, 0.1) is 12.5 Å². The van der Waals surface area contributed by atoms with Crippen molar-refractivity contribution >= 4 is 5.97 Å². The third kappa shape index (κ3) is 7.62. The number of phenolic OH excluding ortho intramolecular Hbond substituents is 1. The standard InChI is InChI=1S/C36H52O4/c1-23(2)10-7-11-24(3)12-8-13-25(4)14-9-15-30-20-21-31-34-32(28-16-18-29(37)19-17-28)22-33(38)40-36(34)27(6)26(5)35(31)39-30/h16-19,23-25,30,32,37H,7-15,20-22H2,1-6H3/t24-,25-,30-,32-/m1/s1. The molecule has 220 valence electrons. The zero-order valence-corrected chi connectivity index (χ0v) is 25.9. The number of ether oxygens (including phenoxy) is 2. The predicted octanol–water partition coefficient (Wildman–Crippen LogP) is 9.58. The van der Waals surface area contributed by atoms with Crippen molar-refractivity contribution < 1.29 is 19.4 Å². The van der Waals surface area contributed by atoms with Crippen LogP contribution in [0.1, 0.15) is 132 Å². The fourth-order valence-electron chi connectivity index (χ4n) is 6.76. The van der Waals surface area contributed by atoms with E-state index >= 15 is 0 Å². The van der Waals surface area contributed by atoms with Crippen LogP contribution in [0.3, 0.4) is 0 Å². The molecule has 2 aromatic rings. The molecule has 0 unspecified atom stereocenters. The molecule has 0 radical (unpaired) electrons. The normalized spacial score (nSPS) is 19.9. The lowest BCUT2D eigenvalue weighted by atomic mass is 9.79. The Morgan fingerprint density at radius 2 is 1.45 bits per heavy atom. The van der Waals surface area contributed by atoms with Gasteiger partial charge in [0.1, 0.15) is 17.2 Å². The molecular weight excluding hydrogens is 496 g/mol. The van der Waals surface area contributed by atoms with Crippen LogP contribution in [-0.4, -0.2) is 17.2 Å². The first-order valence-electron chi connectivity index (χ1n) is 16.0. The molecule has 0 saturated heterocycles. The molecule has 0 bridgehead atoms. The van der Waals surface area contributed by atoms with E-state index < -0.39 is 0 Å². The van der Waals surface area contributed by atoms with Crippen molar-refractivity contribution in [3.8, 4) is 17.2 Å². The van der Waals surface area contributed by atoms with Gasteiger partial charge < -0.3 is 14.6 Å². The van der Waals surface area contributed by atoms with E-state index in [2.05, 4.69) is 34.6 Å². The lowest BCUT2D eigenvalue weighted by Crippen LogP contribution is -2.29. The number of phenols is 1. The van der Waals surface area contributed by atoms with E-state index in [0.29, 0.717) is 6.42 Å². The van der Waals surface area contributed by atoms with Crippen molar-refractivity contribution in [1.82, 2.24) is 0 Å². The third-order valence-electron chi connectivity index (χ3n) is 9.41. The molecular formula is C36H52O4. The van der Waals surface area contributed by atoms with E-state index in [1.807, 2.05) is 19.1 Å². The molecule has 1 N–H and O–H groups in total. The summed E-state index contributed by atoms with van der Waals surface area (Å²) < 4.78 is 12.5. The van der Waals surface area contributed by atoms with Gasteiger partial charge in [-0.3, -0.25) is 4.79 Å². The summed E-state index contributed by atoms with van der Waals surface area (Å²) in [6.07, 6.45) is 14.3. The highest BCUT2D eigenvalue weighted by molar-refractivity contribution is 5.80. The molecule has 2 aliphatic rings. The van der Waals surface area contributed by atoms with Gasteiger partial charge in [-0.25, -0.2) is 0 Å². The summed E-state index contributed by atoms with van der Waals surface area (Å²) in [6, 6.07) is 7.24. The monoisotopic (exact) mass is 548 g/mol. The first-order valence-corrected chi connectivity index (χ1v) is 16.0. The largest absolute Gasteiger partial charge is 0.508 e. The van der Waals surface area contributed by atoms with Gasteiger partial charge in [-0.05, 0) is 86.1 Å². The predicted molar refractivity (Wildman–Crippen MR) is 164 cm³/mol. The van der Waals surface area contributed by atoms with Gasteiger partial charge in [0.15, 0.2) is 0 Å². The van der Waals surface area contributed by atoms with Crippen LogP contribution in [0.5, 0.6) is 17.2 Å². The summed E-state index contributed by atoms with van der Waals surface area (Å²) in [7, 11) is 0. The van der Waals surface area contributed by atoms with Crippen molar-refractivity contribution in [2.45, 2.75) is 131 Å². The fourth-order valence-corrected chi connectivity index (χ4v) is 6.76. The van der Waals surface area contributed by atoms with Gasteiger partial charge in [0.2, 0.25) is 0 Å². The number of aromatic hydroxyl groups is 1. The van der Waals surface area contributed by atoms with Crippen LogP contribution >= 0.6 is 0 Å². The summed E-state index contributed by atoms with van der Waals surface area (Å²) in [6.45, 7) is 13.6. The summed E-state index contributed by atoms with van der Waals surface area (Å²) in [5, 5.41) is 9.81. The zero-order chi connectivity index (χ0) is 28.8. The van der Waals surface area contributed by atoms with Gasteiger partial charge in [-0.2, -0.15) is 0 Å². The molecule has 0 aromatic heterocycles. The lowest BCUT2D eigenvalue weighted by Gasteiger charge is -2.35. The second-order valence-corrected chi connectivity index (χ2v) is 13.3. The minimum absolute atomic E-state index is 0.0798. The summed E-state index contributed by atoms with van der Waals surface area (Å²) >= 11 is 0. The number of esters is 1. The third-order valence-corrected chi connectivity index (χ3v) is 9.41. The first-order chi connectivity index (χ1) is 19.1. The van der Waals surface area contributed by atoms with Gasteiger partial charge in [0.25, 0.3) is 0 Å². The van der Waals surface area contributed by atoms with E-state index in [1.165, 1.54) is 56.9 Å². The number of carbonyl (C=O) groups excluding carboxylic acids is 1. The average Bonchev–Trinajstić information content (AvgIpc) is 2.91. The van der Waals surface area contributed by atoms with Crippen LogP contribution in [0.4, 0.5) is 0 Å². The highest BCUT2D eigenvalue weighted by Crippen LogP contribution is 2.50. The molecule has 2 heterocycles. The number of hydrogen-bond acceptors (Lipinski definition) is 4. The molecule has 0 spiro atoms. The van der Waals surface area contributed by atoms with E-state index in [9.17, 15) is 9.90 Å². The van der Waals surface area contributed by atoms with Crippen molar-refractivity contribution in [3.05, 3.63) is 52.1 Å². The van der Waals surface area contributed by atoms with Crippen LogP contribution < -0.4 is 9.47 Å². The van der Waals surface area contributed by atoms with Crippen LogP contribution in [0.15, 0.2) is 24.3 Å². The number of benzene rings is 2. The molecule has 0 amide bonds. The maximum Gasteiger partial charge on any atom is 0.312 e. The quantitative estimate of drug-likeness (QED) is 0.200. The van der Waals surface area contributed by atoms with Crippen LogP contribution in [0, 0.1) is 31.6 Å². The van der Waals surface area contributed by atoms with Gasteiger partial charge in [0, 0.05) is 17.0 Å². The summed E-state index contributed by atoms with van der Waals surface area (Å²) in [5.41, 5.74) is 5.43. The maximum absolute atomic E-state index is 12.6. The molecule has 4 atom stereocenters. The van der Waals surface area contributed by atoms with E-state index in [1.54, 1.807) is 12.1 Å². The van der Waals surface area contributed by atoms with Gasteiger partial charge in [-0.1, -0.05) is 84.8 Å². The first kappa shape index (κ1) is 30.5. The molecule has 2 aliphatic heterocycles.